The molecule has 8 heteroatoms. The second kappa shape index (κ2) is 8.47. The lowest BCUT2D eigenvalue weighted by Gasteiger charge is -2.34. The van der Waals surface area contributed by atoms with Crippen LogP contribution in [-0.4, -0.2) is 53.2 Å². The molecule has 1 fully saturated rings. The lowest BCUT2D eigenvalue weighted by atomic mass is 10.1. The molecule has 0 saturated carbocycles. The van der Waals surface area contributed by atoms with Gasteiger partial charge in [0.05, 0.1) is 5.52 Å². The van der Waals surface area contributed by atoms with Crippen LogP contribution in [0.15, 0.2) is 51.7 Å². The van der Waals surface area contributed by atoms with Gasteiger partial charge >= 0.3 is 5.76 Å². The average molecular weight is 423 g/mol. The first-order valence-electron chi connectivity index (χ1n) is 10.6. The summed E-state index contributed by atoms with van der Waals surface area (Å²) in [6, 6.07) is 13.4. The van der Waals surface area contributed by atoms with Crippen LogP contribution in [0.2, 0.25) is 0 Å². The summed E-state index contributed by atoms with van der Waals surface area (Å²) in [5.41, 5.74) is 2.54. The molecule has 0 N–H and O–H groups in total. The maximum Gasteiger partial charge on any atom is 0.419 e. The molecule has 0 radical (unpaired) electrons. The molecule has 8 nitrogen and oxygen atoms in total. The molecule has 1 aromatic heterocycles. The third-order valence-electron chi connectivity index (χ3n) is 5.91. The summed E-state index contributed by atoms with van der Waals surface area (Å²) < 4.78 is 17.7. The number of ether oxygens (including phenoxy) is 2. The molecule has 1 saturated heterocycles. The van der Waals surface area contributed by atoms with E-state index in [0.717, 1.165) is 49.7 Å². The fourth-order valence-corrected chi connectivity index (χ4v) is 4.23. The van der Waals surface area contributed by atoms with Crippen LogP contribution in [0, 0.1) is 0 Å². The molecule has 5 rings (SSSR count). The molecule has 3 heterocycles. The van der Waals surface area contributed by atoms with Crippen molar-refractivity contribution in [2.24, 2.45) is 0 Å². The number of hydrogen-bond acceptors (Lipinski definition) is 6. The van der Waals surface area contributed by atoms with Gasteiger partial charge in [-0.15, -0.1) is 0 Å². The quantitative estimate of drug-likeness (QED) is 0.606. The van der Waals surface area contributed by atoms with E-state index < -0.39 is 0 Å². The molecule has 0 bridgehead atoms. The molecule has 3 aromatic rings. The van der Waals surface area contributed by atoms with E-state index >= 15 is 0 Å². The topological polar surface area (TPSA) is 77.2 Å². The first-order chi connectivity index (χ1) is 15.2. The van der Waals surface area contributed by atoms with Gasteiger partial charge < -0.3 is 18.8 Å². The van der Waals surface area contributed by atoms with Gasteiger partial charge in [0.25, 0.3) is 0 Å². The Balaban J connectivity index is 1.09. The maximum atomic E-state index is 12.6. The summed E-state index contributed by atoms with van der Waals surface area (Å²) in [6.07, 6.45) is 1.04. The zero-order chi connectivity index (χ0) is 21.2. The minimum Gasteiger partial charge on any atom is -0.454 e. The predicted molar refractivity (Wildman–Crippen MR) is 114 cm³/mol. The van der Waals surface area contributed by atoms with E-state index in [9.17, 15) is 9.59 Å². The lowest BCUT2D eigenvalue weighted by Crippen LogP contribution is -2.48. The van der Waals surface area contributed by atoms with Gasteiger partial charge in [0.1, 0.15) is 0 Å². The molecule has 1 amide bonds. The van der Waals surface area contributed by atoms with Crippen molar-refractivity contribution in [3.8, 4) is 11.5 Å². The monoisotopic (exact) mass is 423 g/mol. The third-order valence-corrected chi connectivity index (χ3v) is 5.91. The summed E-state index contributed by atoms with van der Waals surface area (Å²) in [7, 11) is 0. The average Bonchev–Trinajstić information content (AvgIpc) is 3.38. The number of para-hydroxylation sites is 2. The van der Waals surface area contributed by atoms with Crippen molar-refractivity contribution in [3.63, 3.8) is 0 Å². The normalized spacial score (nSPS) is 16.2. The highest BCUT2D eigenvalue weighted by atomic mass is 16.7. The van der Waals surface area contributed by atoms with Crippen LogP contribution in [0.4, 0.5) is 0 Å². The summed E-state index contributed by atoms with van der Waals surface area (Å²) in [5, 5.41) is 0. The van der Waals surface area contributed by atoms with Crippen molar-refractivity contribution in [1.29, 1.82) is 0 Å². The Bertz CT molecular complexity index is 1140. The van der Waals surface area contributed by atoms with Crippen molar-refractivity contribution in [3.05, 3.63) is 58.6 Å². The Kier molecular flexibility index (Phi) is 5.38. The van der Waals surface area contributed by atoms with Crippen molar-refractivity contribution < 1.29 is 18.7 Å². The molecular formula is C23H25N3O5. The standard InChI is InChI=1S/C23H25N3O5/c27-22(6-3-9-26-18-4-1-2-5-19(18)31-23(26)28)25-12-10-24(11-13-25)15-17-7-8-20-21(14-17)30-16-29-20/h1-2,4-5,7-8,14H,3,6,9-13,15-16H2. The van der Waals surface area contributed by atoms with Crippen LogP contribution in [0.25, 0.3) is 11.1 Å². The molecule has 31 heavy (non-hydrogen) atoms. The zero-order valence-electron chi connectivity index (χ0n) is 17.3. The smallest absolute Gasteiger partial charge is 0.419 e. The van der Waals surface area contributed by atoms with Gasteiger partial charge in [-0.05, 0) is 36.2 Å². The number of aryl methyl sites for hydroxylation is 1. The number of fused-ring (bicyclic) bond motifs is 2. The van der Waals surface area contributed by atoms with E-state index in [-0.39, 0.29) is 18.5 Å². The lowest BCUT2D eigenvalue weighted by molar-refractivity contribution is -0.133. The van der Waals surface area contributed by atoms with E-state index in [1.54, 1.807) is 10.6 Å². The minimum absolute atomic E-state index is 0.142. The predicted octanol–water partition coefficient (Wildman–Crippen LogP) is 2.45. The van der Waals surface area contributed by atoms with Crippen LogP contribution < -0.4 is 15.2 Å². The number of benzene rings is 2. The number of amides is 1. The summed E-state index contributed by atoms with van der Waals surface area (Å²) >= 11 is 0. The summed E-state index contributed by atoms with van der Waals surface area (Å²) in [5.74, 6) is 1.37. The van der Waals surface area contributed by atoms with Gasteiger partial charge in [-0.2, -0.15) is 0 Å². The molecule has 0 unspecified atom stereocenters. The number of carbonyl (C=O) groups is 1. The fourth-order valence-electron chi connectivity index (χ4n) is 4.23. The van der Waals surface area contributed by atoms with Gasteiger partial charge in [-0.3, -0.25) is 14.3 Å². The molecule has 0 aliphatic carbocycles. The van der Waals surface area contributed by atoms with Crippen LogP contribution in [0.1, 0.15) is 18.4 Å². The van der Waals surface area contributed by atoms with Crippen LogP contribution >= 0.6 is 0 Å². The minimum atomic E-state index is -0.370. The molecule has 0 spiro atoms. The van der Waals surface area contributed by atoms with E-state index in [1.807, 2.05) is 35.2 Å². The SMILES string of the molecule is O=C(CCCn1c(=O)oc2ccccc21)N1CCN(Cc2ccc3c(c2)OCO3)CC1. The largest absolute Gasteiger partial charge is 0.454 e. The molecular weight excluding hydrogens is 398 g/mol. The van der Waals surface area contributed by atoms with E-state index in [4.69, 9.17) is 13.9 Å². The zero-order valence-corrected chi connectivity index (χ0v) is 17.3. The van der Waals surface area contributed by atoms with Gasteiger partial charge in [0.15, 0.2) is 17.1 Å². The highest BCUT2D eigenvalue weighted by molar-refractivity contribution is 5.76. The van der Waals surface area contributed by atoms with E-state index in [1.165, 1.54) is 5.56 Å². The van der Waals surface area contributed by atoms with Gasteiger partial charge in [0, 0.05) is 45.7 Å². The number of carbonyl (C=O) groups excluding carboxylic acids is 1. The van der Waals surface area contributed by atoms with Gasteiger partial charge in [-0.25, -0.2) is 4.79 Å². The van der Waals surface area contributed by atoms with Crippen LogP contribution in [0.3, 0.4) is 0 Å². The van der Waals surface area contributed by atoms with Crippen LogP contribution in [-0.2, 0) is 17.9 Å². The second-order valence-corrected chi connectivity index (χ2v) is 7.94. The van der Waals surface area contributed by atoms with E-state index in [0.29, 0.717) is 25.0 Å². The Hall–Kier alpha value is -3.26. The highest BCUT2D eigenvalue weighted by Crippen LogP contribution is 2.32. The second-order valence-electron chi connectivity index (χ2n) is 7.94. The summed E-state index contributed by atoms with van der Waals surface area (Å²) in [4.78, 5) is 28.9. The third kappa shape index (κ3) is 4.16. The number of rotatable bonds is 6. The van der Waals surface area contributed by atoms with Crippen LogP contribution in [0.5, 0.6) is 11.5 Å². The maximum absolute atomic E-state index is 12.6. The number of aromatic nitrogens is 1. The van der Waals surface area contributed by atoms with Gasteiger partial charge in [0.2, 0.25) is 12.7 Å². The molecule has 2 aromatic carbocycles. The Morgan fingerprint density at radius 2 is 1.77 bits per heavy atom. The molecule has 0 atom stereocenters. The fraction of sp³-hybridized carbons (Fsp3) is 0.391. The number of hydrogen-bond donors (Lipinski definition) is 0. The summed E-state index contributed by atoms with van der Waals surface area (Å²) in [6.45, 7) is 4.71. The highest BCUT2D eigenvalue weighted by Gasteiger charge is 2.22. The van der Waals surface area contributed by atoms with Crippen molar-refractivity contribution in [1.82, 2.24) is 14.4 Å². The number of nitrogens with zero attached hydrogens (tertiary/aromatic N) is 3. The van der Waals surface area contributed by atoms with Gasteiger partial charge in [-0.1, -0.05) is 18.2 Å². The molecule has 162 valence electrons. The first kappa shape index (κ1) is 19.7. The van der Waals surface area contributed by atoms with Crippen molar-refractivity contribution >= 4 is 17.0 Å². The Labute approximate surface area is 179 Å². The van der Waals surface area contributed by atoms with Crippen molar-refractivity contribution in [2.45, 2.75) is 25.9 Å². The van der Waals surface area contributed by atoms with Crippen molar-refractivity contribution in [2.75, 3.05) is 33.0 Å². The molecule has 2 aliphatic heterocycles. The molecule has 2 aliphatic rings. The number of oxazole rings is 1. The first-order valence-corrected chi connectivity index (χ1v) is 10.6. The van der Waals surface area contributed by atoms with E-state index in [2.05, 4.69) is 11.0 Å². The Morgan fingerprint density at radius 1 is 0.968 bits per heavy atom. The number of piperazine rings is 1. The Morgan fingerprint density at radius 3 is 2.65 bits per heavy atom.